The number of nitrogens with zero attached hydrogens (tertiary/aromatic N) is 1. The molecule has 0 aliphatic carbocycles. The van der Waals surface area contributed by atoms with E-state index in [1.807, 2.05) is 0 Å². The maximum Gasteiger partial charge on any atom is 0.336 e. The summed E-state index contributed by atoms with van der Waals surface area (Å²) in [4.78, 5) is 26.5. The molecule has 0 heterocycles. The fraction of sp³-hybridized carbons (Fsp3) is 0.188. The van der Waals surface area contributed by atoms with Gasteiger partial charge in [0, 0.05) is 24.4 Å². The molecule has 0 spiro atoms. The second-order valence-corrected chi connectivity index (χ2v) is 4.28. The molecule has 0 unspecified atom stereocenters. The van der Waals surface area contributed by atoms with E-state index in [0.717, 1.165) is 0 Å². The Balaban J connectivity index is 3.67. The molecule has 21 heavy (non-hydrogen) atoms. The molecule has 2 N–H and O–H groups in total. The Hall–Kier alpha value is -2.53. The van der Waals surface area contributed by atoms with E-state index in [0.29, 0.717) is 35.0 Å². The van der Waals surface area contributed by atoms with Crippen molar-refractivity contribution >= 4 is 24.0 Å². The van der Waals surface area contributed by atoms with Gasteiger partial charge in [0.2, 0.25) is 0 Å². The van der Waals surface area contributed by atoms with Crippen molar-refractivity contribution in [2.24, 2.45) is 4.99 Å². The van der Waals surface area contributed by atoms with Gasteiger partial charge in [0.05, 0.1) is 12.2 Å². The molecule has 1 rings (SSSR count). The predicted molar refractivity (Wildman–Crippen MR) is 81.5 cm³/mol. The van der Waals surface area contributed by atoms with Crippen LogP contribution >= 0.6 is 0 Å². The molecule has 0 saturated carbocycles. The molecular weight excluding hydrogens is 270 g/mol. The average Bonchev–Trinajstić information content (AvgIpc) is 2.50. The molecule has 1 aromatic rings. The van der Waals surface area contributed by atoms with Gasteiger partial charge < -0.3 is 10.2 Å². The van der Waals surface area contributed by atoms with Crippen LogP contribution < -0.4 is 0 Å². The van der Waals surface area contributed by atoms with Crippen molar-refractivity contribution in [3.63, 3.8) is 0 Å². The Morgan fingerprint density at radius 3 is 2.57 bits per heavy atom. The highest BCUT2D eigenvalue weighted by Crippen LogP contribution is 2.24. The van der Waals surface area contributed by atoms with Crippen LogP contribution in [0.4, 0.5) is 0 Å². The van der Waals surface area contributed by atoms with Gasteiger partial charge in [-0.15, -0.1) is 6.58 Å². The van der Waals surface area contributed by atoms with Crippen molar-refractivity contribution in [1.82, 2.24) is 0 Å². The first-order chi connectivity index (χ1) is 10.1. The number of aliphatic hydroxyl groups is 1. The molecular formula is C16H17NO4. The second kappa shape index (κ2) is 7.91. The molecule has 0 aliphatic heterocycles. The summed E-state index contributed by atoms with van der Waals surface area (Å²) in [5.74, 6) is -1.11. The van der Waals surface area contributed by atoms with Crippen LogP contribution in [0.25, 0.3) is 5.57 Å². The van der Waals surface area contributed by atoms with Crippen molar-refractivity contribution in [2.75, 3.05) is 7.05 Å². The number of rotatable bonds is 7. The van der Waals surface area contributed by atoms with Gasteiger partial charge in [-0.1, -0.05) is 12.1 Å². The molecule has 0 bridgehead atoms. The van der Waals surface area contributed by atoms with Crippen LogP contribution in [-0.4, -0.2) is 35.7 Å². The predicted octanol–water partition coefficient (Wildman–Crippen LogP) is 2.11. The summed E-state index contributed by atoms with van der Waals surface area (Å²) in [5, 5.41) is 18.5. The molecule has 0 atom stereocenters. The van der Waals surface area contributed by atoms with Crippen LogP contribution in [0.3, 0.4) is 0 Å². The van der Waals surface area contributed by atoms with Crippen LogP contribution in [-0.2, 0) is 11.4 Å². The molecule has 5 heteroatoms. The zero-order valence-corrected chi connectivity index (χ0v) is 11.7. The standard InChI is InChI=1S/C16H17NO4/c1-3-4-12(10-19)15(8-17-2)14-7-11(9-18)5-6-13(14)16(20)21/h3,5-8,10,18H,1,4,9H2,2H3,(H,20,21)/b15-12-,17-8?. The molecule has 0 fully saturated rings. The molecule has 0 amide bonds. The molecule has 110 valence electrons. The van der Waals surface area contributed by atoms with E-state index in [1.54, 1.807) is 12.1 Å². The van der Waals surface area contributed by atoms with Crippen LogP contribution in [0, 0.1) is 0 Å². The largest absolute Gasteiger partial charge is 0.478 e. The van der Waals surface area contributed by atoms with E-state index in [4.69, 9.17) is 0 Å². The second-order valence-electron chi connectivity index (χ2n) is 4.28. The summed E-state index contributed by atoms with van der Waals surface area (Å²) in [7, 11) is 1.53. The summed E-state index contributed by atoms with van der Waals surface area (Å²) in [6.45, 7) is 3.36. The lowest BCUT2D eigenvalue weighted by molar-refractivity contribution is -0.104. The highest BCUT2D eigenvalue weighted by atomic mass is 16.4. The fourth-order valence-corrected chi connectivity index (χ4v) is 1.93. The van der Waals surface area contributed by atoms with Crippen LogP contribution in [0.1, 0.15) is 27.9 Å². The number of allylic oxidation sites excluding steroid dienone is 3. The number of carboxylic acids is 1. The van der Waals surface area contributed by atoms with Gasteiger partial charge in [-0.25, -0.2) is 4.79 Å². The molecule has 0 aromatic heterocycles. The van der Waals surface area contributed by atoms with Gasteiger partial charge in [-0.05, 0) is 29.7 Å². The highest BCUT2D eigenvalue weighted by Gasteiger charge is 2.16. The van der Waals surface area contributed by atoms with Crippen LogP contribution in [0.2, 0.25) is 0 Å². The van der Waals surface area contributed by atoms with Gasteiger partial charge >= 0.3 is 5.97 Å². The lowest BCUT2D eigenvalue weighted by atomic mass is 9.93. The number of aromatic carboxylic acids is 1. The number of carboxylic acid groups (broad SMARTS) is 1. The first-order valence-electron chi connectivity index (χ1n) is 6.27. The van der Waals surface area contributed by atoms with Gasteiger partial charge in [-0.2, -0.15) is 0 Å². The van der Waals surface area contributed by atoms with Gasteiger partial charge in [0.25, 0.3) is 0 Å². The Morgan fingerprint density at radius 1 is 1.38 bits per heavy atom. The SMILES string of the molecule is C=CC/C(C=O)=C(\C=NC)c1cc(CO)ccc1C(=O)O. The van der Waals surface area contributed by atoms with E-state index in [-0.39, 0.29) is 12.2 Å². The fourth-order valence-electron chi connectivity index (χ4n) is 1.93. The number of aliphatic imine (C=N–C) groups is 1. The number of aliphatic hydroxyl groups excluding tert-OH is 1. The van der Waals surface area contributed by atoms with E-state index in [9.17, 15) is 19.8 Å². The van der Waals surface area contributed by atoms with Gasteiger partial charge in [0.1, 0.15) is 6.29 Å². The van der Waals surface area contributed by atoms with E-state index in [1.165, 1.54) is 25.4 Å². The van der Waals surface area contributed by atoms with E-state index < -0.39 is 5.97 Å². The third-order valence-corrected chi connectivity index (χ3v) is 2.90. The average molecular weight is 287 g/mol. The number of carbonyl (C=O) groups excluding carboxylic acids is 1. The first kappa shape index (κ1) is 16.5. The summed E-state index contributed by atoms with van der Waals surface area (Å²) in [6, 6.07) is 4.48. The van der Waals surface area contributed by atoms with Crippen molar-refractivity contribution < 1.29 is 19.8 Å². The molecule has 0 radical (unpaired) electrons. The number of carbonyl (C=O) groups is 2. The lowest BCUT2D eigenvalue weighted by Crippen LogP contribution is -2.06. The Bertz CT molecular complexity index is 615. The van der Waals surface area contributed by atoms with Crippen molar-refractivity contribution in [3.05, 3.63) is 53.1 Å². The minimum absolute atomic E-state index is 0.0468. The maximum absolute atomic E-state index is 11.4. The van der Waals surface area contributed by atoms with E-state index in [2.05, 4.69) is 11.6 Å². The van der Waals surface area contributed by atoms with Crippen LogP contribution in [0.5, 0.6) is 0 Å². The summed E-state index contributed by atoms with van der Waals surface area (Å²) in [5.41, 5.74) is 1.75. The number of hydrogen-bond donors (Lipinski definition) is 2. The summed E-state index contributed by atoms with van der Waals surface area (Å²) >= 11 is 0. The molecule has 0 aliphatic rings. The lowest BCUT2D eigenvalue weighted by Gasteiger charge is -2.11. The zero-order chi connectivity index (χ0) is 15.8. The number of aldehydes is 1. The third-order valence-electron chi connectivity index (χ3n) is 2.90. The Morgan fingerprint density at radius 2 is 2.10 bits per heavy atom. The minimum Gasteiger partial charge on any atom is -0.478 e. The molecule has 5 nitrogen and oxygen atoms in total. The van der Waals surface area contributed by atoms with Crippen molar-refractivity contribution in [3.8, 4) is 0 Å². The molecule has 0 saturated heterocycles. The Kier molecular flexibility index (Phi) is 6.23. The number of benzene rings is 1. The summed E-state index contributed by atoms with van der Waals surface area (Å²) < 4.78 is 0. The molecule has 1 aromatic carbocycles. The van der Waals surface area contributed by atoms with Crippen molar-refractivity contribution in [1.29, 1.82) is 0 Å². The quantitative estimate of drug-likeness (QED) is 0.348. The minimum atomic E-state index is -1.11. The summed E-state index contributed by atoms with van der Waals surface area (Å²) in [6.07, 6.45) is 3.96. The third kappa shape index (κ3) is 3.97. The normalized spacial score (nSPS) is 12.1. The Labute approximate surface area is 123 Å². The van der Waals surface area contributed by atoms with E-state index >= 15 is 0 Å². The van der Waals surface area contributed by atoms with Crippen molar-refractivity contribution in [2.45, 2.75) is 13.0 Å². The maximum atomic E-state index is 11.4. The number of hydrogen-bond acceptors (Lipinski definition) is 4. The van der Waals surface area contributed by atoms with Gasteiger partial charge in [-0.3, -0.25) is 9.79 Å². The zero-order valence-electron chi connectivity index (χ0n) is 11.7. The first-order valence-corrected chi connectivity index (χ1v) is 6.27. The smallest absolute Gasteiger partial charge is 0.336 e. The topological polar surface area (TPSA) is 87.0 Å². The monoisotopic (exact) mass is 287 g/mol. The highest BCUT2D eigenvalue weighted by molar-refractivity contribution is 6.18. The van der Waals surface area contributed by atoms with Crippen LogP contribution in [0.15, 0.2) is 41.4 Å². The van der Waals surface area contributed by atoms with Gasteiger partial charge in [0.15, 0.2) is 0 Å².